The molecule has 0 spiro atoms. The molecule has 0 bridgehead atoms. The van der Waals surface area contributed by atoms with Crippen LogP contribution in [0.25, 0.3) is 0 Å². The second-order valence-corrected chi connectivity index (χ2v) is 3.29. The maximum atomic E-state index is 5.69. The van der Waals surface area contributed by atoms with Crippen molar-refractivity contribution in [2.75, 3.05) is 36.3 Å². The molecule has 64 valence electrons. The second-order valence-electron chi connectivity index (χ2n) is 3.29. The van der Waals surface area contributed by atoms with Gasteiger partial charge in [-0.3, -0.25) is 0 Å². The van der Waals surface area contributed by atoms with E-state index in [0.717, 1.165) is 12.4 Å². The van der Waals surface area contributed by atoms with E-state index in [1.165, 1.54) is 11.4 Å². The molecule has 1 aromatic rings. The third-order valence-corrected chi connectivity index (χ3v) is 2.25. The first kappa shape index (κ1) is 7.28. The van der Waals surface area contributed by atoms with Gasteiger partial charge in [-0.25, -0.2) is 0 Å². The smallest absolute Gasteiger partial charge is 0.0898 e. The van der Waals surface area contributed by atoms with Crippen LogP contribution < -0.4 is 15.5 Å². The molecule has 0 saturated heterocycles. The molecule has 2 rings (SSSR count). The van der Waals surface area contributed by atoms with Gasteiger partial charge in [0.1, 0.15) is 0 Å². The zero-order chi connectivity index (χ0) is 8.72. The molecule has 2 N–H and O–H groups in total. The molecule has 12 heavy (non-hydrogen) atoms. The van der Waals surface area contributed by atoms with Gasteiger partial charge in [0.15, 0.2) is 0 Å². The molecule has 1 aliphatic heterocycles. The van der Waals surface area contributed by atoms with Gasteiger partial charge in [0.2, 0.25) is 0 Å². The highest BCUT2D eigenvalue weighted by atomic mass is 15.3. The van der Waals surface area contributed by atoms with Gasteiger partial charge in [-0.15, -0.1) is 0 Å². The quantitative estimate of drug-likeness (QED) is 0.581. The lowest BCUT2D eigenvalue weighted by Crippen LogP contribution is -2.23. The summed E-state index contributed by atoms with van der Waals surface area (Å²) in [4.78, 5) is 4.39. The van der Waals surface area contributed by atoms with Crippen molar-refractivity contribution in [1.82, 2.24) is 0 Å². The lowest BCUT2D eigenvalue weighted by molar-refractivity contribution is 0.916. The molecular formula is C9H13N3. The topological polar surface area (TPSA) is 32.5 Å². The molecule has 0 radical (unpaired) electrons. The van der Waals surface area contributed by atoms with Gasteiger partial charge in [0, 0.05) is 19.8 Å². The summed E-state index contributed by atoms with van der Waals surface area (Å²) in [6.07, 6.45) is 0. The Morgan fingerprint density at radius 3 is 2.58 bits per heavy atom. The Morgan fingerprint density at radius 2 is 1.83 bits per heavy atom. The Hall–Kier alpha value is -1.38. The number of nitrogen functional groups attached to an aromatic ring is 1. The van der Waals surface area contributed by atoms with E-state index >= 15 is 0 Å². The van der Waals surface area contributed by atoms with Crippen LogP contribution in [-0.4, -0.2) is 20.8 Å². The molecule has 0 aromatic heterocycles. The van der Waals surface area contributed by atoms with Crippen molar-refractivity contribution in [3.8, 4) is 0 Å². The van der Waals surface area contributed by atoms with Crippen molar-refractivity contribution in [3.63, 3.8) is 0 Å². The fourth-order valence-corrected chi connectivity index (χ4v) is 1.64. The average molecular weight is 163 g/mol. The van der Waals surface area contributed by atoms with Gasteiger partial charge in [-0.05, 0) is 18.2 Å². The molecule has 1 aromatic carbocycles. The number of hydrogen-bond donors (Lipinski definition) is 1. The van der Waals surface area contributed by atoms with E-state index in [0.29, 0.717) is 0 Å². The normalized spacial score (nSPS) is 15.2. The third kappa shape index (κ3) is 0.897. The van der Waals surface area contributed by atoms with Crippen molar-refractivity contribution < 1.29 is 0 Å². The summed E-state index contributed by atoms with van der Waals surface area (Å²) < 4.78 is 0. The summed E-state index contributed by atoms with van der Waals surface area (Å²) in [6.45, 7) is 0.943. The van der Waals surface area contributed by atoms with Gasteiger partial charge >= 0.3 is 0 Å². The lowest BCUT2D eigenvalue weighted by Gasteiger charge is -2.11. The summed E-state index contributed by atoms with van der Waals surface area (Å²) in [5.74, 6) is 0. The highest BCUT2D eigenvalue weighted by Crippen LogP contribution is 2.34. The summed E-state index contributed by atoms with van der Waals surface area (Å²) in [7, 11) is 4.15. The highest BCUT2D eigenvalue weighted by molar-refractivity contribution is 5.78. The number of fused-ring (bicyclic) bond motifs is 1. The van der Waals surface area contributed by atoms with Gasteiger partial charge in [0.25, 0.3) is 0 Å². The SMILES string of the molecule is CN1CN(C)c2cc(N)ccc21. The number of anilines is 3. The number of nitrogens with two attached hydrogens (primary N) is 1. The van der Waals surface area contributed by atoms with Gasteiger partial charge in [-0.2, -0.15) is 0 Å². The van der Waals surface area contributed by atoms with Crippen molar-refractivity contribution in [2.24, 2.45) is 0 Å². The maximum absolute atomic E-state index is 5.69. The molecular weight excluding hydrogens is 150 g/mol. The van der Waals surface area contributed by atoms with Crippen LogP contribution in [0, 0.1) is 0 Å². The Labute approximate surface area is 72.4 Å². The van der Waals surface area contributed by atoms with Crippen LogP contribution in [0.2, 0.25) is 0 Å². The molecule has 0 saturated carbocycles. The van der Waals surface area contributed by atoms with Crippen LogP contribution in [0.4, 0.5) is 17.1 Å². The van der Waals surface area contributed by atoms with E-state index in [1.54, 1.807) is 0 Å². The summed E-state index contributed by atoms with van der Waals surface area (Å²) in [6, 6.07) is 6.02. The zero-order valence-electron chi connectivity index (χ0n) is 7.41. The van der Waals surface area contributed by atoms with E-state index in [9.17, 15) is 0 Å². The van der Waals surface area contributed by atoms with Crippen LogP contribution >= 0.6 is 0 Å². The molecule has 0 fully saturated rings. The first-order chi connectivity index (χ1) is 5.68. The van der Waals surface area contributed by atoms with E-state index in [1.807, 2.05) is 12.1 Å². The summed E-state index contributed by atoms with van der Waals surface area (Å²) in [5, 5.41) is 0. The first-order valence-electron chi connectivity index (χ1n) is 4.00. The highest BCUT2D eigenvalue weighted by Gasteiger charge is 2.19. The summed E-state index contributed by atoms with van der Waals surface area (Å²) in [5.41, 5.74) is 9.00. The molecule has 3 heteroatoms. The second kappa shape index (κ2) is 2.30. The fraction of sp³-hybridized carbons (Fsp3) is 0.333. The minimum Gasteiger partial charge on any atom is -0.399 e. The van der Waals surface area contributed by atoms with Crippen molar-refractivity contribution in [1.29, 1.82) is 0 Å². The number of benzene rings is 1. The van der Waals surface area contributed by atoms with Crippen LogP contribution in [0.5, 0.6) is 0 Å². The van der Waals surface area contributed by atoms with E-state index in [2.05, 4.69) is 30.0 Å². The molecule has 0 amide bonds. The number of nitrogens with zero attached hydrogens (tertiary/aromatic N) is 2. The largest absolute Gasteiger partial charge is 0.399 e. The zero-order valence-corrected chi connectivity index (χ0v) is 7.41. The predicted molar refractivity (Wildman–Crippen MR) is 52.5 cm³/mol. The molecule has 0 aliphatic carbocycles. The lowest BCUT2D eigenvalue weighted by atomic mass is 10.2. The van der Waals surface area contributed by atoms with Crippen molar-refractivity contribution in [2.45, 2.75) is 0 Å². The molecule has 0 atom stereocenters. The molecule has 3 nitrogen and oxygen atoms in total. The van der Waals surface area contributed by atoms with Crippen LogP contribution in [-0.2, 0) is 0 Å². The molecule has 1 aliphatic rings. The van der Waals surface area contributed by atoms with Crippen LogP contribution in [0.3, 0.4) is 0 Å². The minimum absolute atomic E-state index is 0.830. The number of rotatable bonds is 0. The van der Waals surface area contributed by atoms with E-state index < -0.39 is 0 Å². The maximum Gasteiger partial charge on any atom is 0.0898 e. The standard InChI is InChI=1S/C9H13N3/c1-11-6-12(2)9-5-7(10)3-4-8(9)11/h3-5H,6,10H2,1-2H3. The summed E-state index contributed by atoms with van der Waals surface area (Å²) >= 11 is 0. The Bertz CT molecular complexity index is 309. The van der Waals surface area contributed by atoms with Gasteiger partial charge < -0.3 is 15.5 Å². The number of hydrogen-bond acceptors (Lipinski definition) is 3. The predicted octanol–water partition coefficient (Wildman–Crippen LogP) is 1.11. The van der Waals surface area contributed by atoms with Crippen molar-refractivity contribution >= 4 is 17.1 Å². The van der Waals surface area contributed by atoms with Gasteiger partial charge in [0.05, 0.1) is 18.0 Å². The minimum atomic E-state index is 0.830. The monoisotopic (exact) mass is 163 g/mol. The fourth-order valence-electron chi connectivity index (χ4n) is 1.64. The average Bonchev–Trinajstić information content (AvgIpc) is 2.28. The van der Waals surface area contributed by atoms with Crippen LogP contribution in [0.15, 0.2) is 18.2 Å². The van der Waals surface area contributed by atoms with E-state index in [4.69, 9.17) is 5.73 Å². The Morgan fingerprint density at radius 1 is 1.17 bits per heavy atom. The molecule has 1 heterocycles. The van der Waals surface area contributed by atoms with Crippen molar-refractivity contribution in [3.05, 3.63) is 18.2 Å². The van der Waals surface area contributed by atoms with Crippen LogP contribution in [0.1, 0.15) is 0 Å². The Balaban J connectivity index is 2.53. The third-order valence-electron chi connectivity index (χ3n) is 2.25. The van der Waals surface area contributed by atoms with E-state index in [-0.39, 0.29) is 0 Å². The molecule has 0 unspecified atom stereocenters. The first-order valence-corrected chi connectivity index (χ1v) is 4.00. The van der Waals surface area contributed by atoms with Gasteiger partial charge in [-0.1, -0.05) is 0 Å². The Kier molecular flexibility index (Phi) is 1.40.